The maximum Gasteiger partial charge on any atom is 0.339 e. The number of urea groups is 1. The van der Waals surface area contributed by atoms with Crippen molar-refractivity contribution in [3.8, 4) is 11.1 Å². The predicted octanol–water partition coefficient (Wildman–Crippen LogP) is 2.52. The van der Waals surface area contributed by atoms with E-state index in [0.29, 0.717) is 11.1 Å². The molecule has 3 amide bonds. The quantitative estimate of drug-likeness (QED) is 0.626. The lowest BCUT2D eigenvalue weighted by Crippen LogP contribution is -2.41. The molecule has 0 atom stereocenters. The Morgan fingerprint density at radius 2 is 1.68 bits per heavy atom. The maximum atomic E-state index is 12.3. The molecule has 0 aliphatic rings. The van der Waals surface area contributed by atoms with Crippen LogP contribution < -0.4 is 10.6 Å². The van der Waals surface area contributed by atoms with E-state index in [9.17, 15) is 14.4 Å². The number of ether oxygens (including phenoxy) is 1. The van der Waals surface area contributed by atoms with Crippen molar-refractivity contribution >= 4 is 17.9 Å². The van der Waals surface area contributed by atoms with Crippen molar-refractivity contribution < 1.29 is 19.1 Å². The van der Waals surface area contributed by atoms with Crippen LogP contribution in [0.25, 0.3) is 11.1 Å². The summed E-state index contributed by atoms with van der Waals surface area (Å²) in [5.74, 6) is -1.35. The molecule has 0 saturated heterocycles. The molecule has 0 radical (unpaired) electrons. The number of carbonyl (C=O) groups is 3. The van der Waals surface area contributed by atoms with E-state index in [-0.39, 0.29) is 6.54 Å². The summed E-state index contributed by atoms with van der Waals surface area (Å²) in [7, 11) is 0. The van der Waals surface area contributed by atoms with Gasteiger partial charge in [0.25, 0.3) is 5.91 Å². The summed E-state index contributed by atoms with van der Waals surface area (Å²) in [5, 5.41) is 4.44. The zero-order valence-corrected chi connectivity index (χ0v) is 13.5. The topological polar surface area (TPSA) is 84.5 Å². The van der Waals surface area contributed by atoms with Gasteiger partial charge < -0.3 is 10.1 Å². The van der Waals surface area contributed by atoms with Crippen LogP contribution in [-0.2, 0) is 9.53 Å². The minimum absolute atomic E-state index is 0.226. The highest BCUT2D eigenvalue weighted by Crippen LogP contribution is 2.23. The third kappa shape index (κ3) is 5.31. The monoisotopic (exact) mass is 338 g/mol. The number of imide groups is 1. The van der Waals surface area contributed by atoms with Crippen molar-refractivity contribution in [3.63, 3.8) is 0 Å². The second-order valence-corrected chi connectivity index (χ2v) is 5.03. The number of hydrogen-bond acceptors (Lipinski definition) is 4. The molecule has 6 nitrogen and oxygen atoms in total. The van der Waals surface area contributed by atoms with Gasteiger partial charge in [-0.15, -0.1) is 6.58 Å². The van der Waals surface area contributed by atoms with Crippen molar-refractivity contribution in [2.75, 3.05) is 13.2 Å². The summed E-state index contributed by atoms with van der Waals surface area (Å²) in [6, 6.07) is 15.7. The molecule has 2 aromatic rings. The van der Waals surface area contributed by atoms with E-state index in [2.05, 4.69) is 17.2 Å². The number of esters is 1. The molecule has 0 fully saturated rings. The van der Waals surface area contributed by atoms with Crippen LogP contribution in [0, 0.1) is 0 Å². The minimum atomic E-state index is -0.716. The van der Waals surface area contributed by atoms with Crippen molar-refractivity contribution in [1.29, 1.82) is 0 Å². The molecule has 0 bridgehead atoms. The predicted molar refractivity (Wildman–Crippen MR) is 93.9 cm³/mol. The van der Waals surface area contributed by atoms with Crippen molar-refractivity contribution in [2.45, 2.75) is 0 Å². The van der Waals surface area contributed by atoms with Gasteiger partial charge in [-0.2, -0.15) is 0 Å². The van der Waals surface area contributed by atoms with Gasteiger partial charge in [-0.25, -0.2) is 9.59 Å². The molecule has 0 unspecified atom stereocenters. The van der Waals surface area contributed by atoms with Gasteiger partial charge >= 0.3 is 12.0 Å². The summed E-state index contributed by atoms with van der Waals surface area (Å²) < 4.78 is 5.01. The Morgan fingerprint density at radius 3 is 2.40 bits per heavy atom. The Morgan fingerprint density at radius 1 is 1.00 bits per heavy atom. The van der Waals surface area contributed by atoms with E-state index in [1.54, 1.807) is 18.2 Å². The Balaban J connectivity index is 1.99. The molecule has 2 N–H and O–H groups in total. The van der Waals surface area contributed by atoms with E-state index >= 15 is 0 Å². The van der Waals surface area contributed by atoms with Gasteiger partial charge in [0.2, 0.25) is 0 Å². The van der Waals surface area contributed by atoms with Crippen LogP contribution in [-0.4, -0.2) is 31.1 Å². The van der Waals surface area contributed by atoms with Crippen LogP contribution in [0.4, 0.5) is 4.79 Å². The molecule has 0 saturated carbocycles. The van der Waals surface area contributed by atoms with Crippen molar-refractivity contribution in [2.24, 2.45) is 0 Å². The van der Waals surface area contributed by atoms with Crippen LogP contribution >= 0.6 is 0 Å². The fourth-order valence-corrected chi connectivity index (χ4v) is 2.11. The van der Waals surface area contributed by atoms with Crippen LogP contribution in [0.15, 0.2) is 67.3 Å². The first kappa shape index (κ1) is 17.9. The van der Waals surface area contributed by atoms with E-state index < -0.39 is 24.5 Å². The number of rotatable bonds is 6. The lowest BCUT2D eigenvalue weighted by atomic mass is 10.00. The lowest BCUT2D eigenvalue weighted by Gasteiger charge is -2.10. The van der Waals surface area contributed by atoms with Gasteiger partial charge in [0.15, 0.2) is 6.61 Å². The number of hydrogen-bond donors (Lipinski definition) is 2. The van der Waals surface area contributed by atoms with Crippen molar-refractivity contribution in [1.82, 2.24) is 10.6 Å². The Hall–Kier alpha value is -3.41. The van der Waals surface area contributed by atoms with Crippen molar-refractivity contribution in [3.05, 3.63) is 72.8 Å². The SMILES string of the molecule is C=CCNC(=O)NC(=O)COC(=O)c1ccccc1-c1ccccc1. The molecule has 2 rings (SSSR count). The van der Waals surface area contributed by atoms with Gasteiger partial charge in [-0.1, -0.05) is 54.6 Å². The summed E-state index contributed by atoms with van der Waals surface area (Å²) in [4.78, 5) is 35.3. The molecule has 0 spiro atoms. The zero-order valence-electron chi connectivity index (χ0n) is 13.5. The highest BCUT2D eigenvalue weighted by Gasteiger charge is 2.16. The second kappa shape index (κ2) is 9.02. The van der Waals surface area contributed by atoms with E-state index in [0.717, 1.165) is 5.56 Å². The summed E-state index contributed by atoms with van der Waals surface area (Å²) in [5.41, 5.74) is 1.91. The van der Waals surface area contributed by atoms with E-state index in [1.165, 1.54) is 6.08 Å². The third-order valence-corrected chi connectivity index (χ3v) is 3.23. The largest absolute Gasteiger partial charge is 0.452 e. The normalized spacial score (nSPS) is 9.76. The first-order chi connectivity index (χ1) is 12.1. The molecular weight excluding hydrogens is 320 g/mol. The standard InChI is InChI=1S/C19H18N2O4/c1-2-12-20-19(24)21-17(22)13-25-18(23)16-11-7-6-10-15(16)14-8-4-3-5-9-14/h2-11H,1,12-13H2,(H2,20,21,22,24). The van der Waals surface area contributed by atoms with Gasteiger partial charge in [0.05, 0.1) is 5.56 Å². The zero-order chi connectivity index (χ0) is 18.1. The van der Waals surface area contributed by atoms with E-state index in [1.807, 2.05) is 36.4 Å². The van der Waals surface area contributed by atoms with Gasteiger partial charge in [-0.3, -0.25) is 10.1 Å². The molecule has 0 heterocycles. The highest BCUT2D eigenvalue weighted by molar-refractivity contribution is 6.00. The van der Waals surface area contributed by atoms with Crippen LogP contribution in [0.1, 0.15) is 10.4 Å². The first-order valence-electron chi connectivity index (χ1n) is 7.62. The van der Waals surface area contributed by atoms with Gasteiger partial charge in [0.1, 0.15) is 0 Å². The maximum absolute atomic E-state index is 12.3. The second-order valence-electron chi connectivity index (χ2n) is 5.03. The third-order valence-electron chi connectivity index (χ3n) is 3.23. The van der Waals surface area contributed by atoms with Crippen LogP contribution in [0.2, 0.25) is 0 Å². The summed E-state index contributed by atoms with van der Waals surface area (Å²) in [6.07, 6.45) is 1.48. The molecular formula is C19H18N2O4. The van der Waals surface area contributed by atoms with E-state index in [4.69, 9.17) is 4.74 Å². The molecule has 0 aliphatic heterocycles. The summed E-state index contributed by atoms with van der Waals surface area (Å²) >= 11 is 0. The Bertz CT molecular complexity index is 772. The Kier molecular flexibility index (Phi) is 6.47. The highest BCUT2D eigenvalue weighted by atomic mass is 16.5. The molecule has 6 heteroatoms. The smallest absolute Gasteiger partial charge is 0.339 e. The average molecular weight is 338 g/mol. The summed E-state index contributed by atoms with van der Waals surface area (Å²) in [6.45, 7) is 3.11. The molecule has 2 aromatic carbocycles. The lowest BCUT2D eigenvalue weighted by molar-refractivity contribution is -0.123. The van der Waals surface area contributed by atoms with Gasteiger partial charge in [-0.05, 0) is 17.2 Å². The number of carbonyl (C=O) groups excluding carboxylic acids is 3. The molecule has 128 valence electrons. The molecule has 25 heavy (non-hydrogen) atoms. The fraction of sp³-hybridized carbons (Fsp3) is 0.105. The Labute approximate surface area is 145 Å². The molecule has 0 aliphatic carbocycles. The van der Waals surface area contributed by atoms with Gasteiger partial charge in [0, 0.05) is 6.54 Å². The van der Waals surface area contributed by atoms with Crippen LogP contribution in [0.3, 0.4) is 0 Å². The average Bonchev–Trinajstić information content (AvgIpc) is 2.65. The van der Waals surface area contributed by atoms with Crippen LogP contribution in [0.5, 0.6) is 0 Å². The number of amides is 3. The molecule has 0 aromatic heterocycles. The first-order valence-corrected chi connectivity index (χ1v) is 7.62. The number of benzene rings is 2. The minimum Gasteiger partial charge on any atom is -0.452 e. The fourth-order valence-electron chi connectivity index (χ4n) is 2.11. The number of nitrogens with one attached hydrogen (secondary N) is 2.